The molecule has 9 nitrogen and oxygen atoms in total. The van der Waals surface area contributed by atoms with Gasteiger partial charge >= 0.3 is 0 Å². The highest BCUT2D eigenvalue weighted by molar-refractivity contribution is 5.85. The molecule has 0 aliphatic carbocycles. The summed E-state index contributed by atoms with van der Waals surface area (Å²) in [7, 11) is 0. The maximum atomic E-state index is 13.4. The minimum Gasteiger partial charge on any atom is -0.486 e. The molecule has 0 unspecified atom stereocenters. The van der Waals surface area contributed by atoms with Crippen molar-refractivity contribution in [2.24, 2.45) is 0 Å². The molecule has 1 saturated heterocycles. The average Bonchev–Trinajstić information content (AvgIpc) is 3.49. The fourth-order valence-electron chi connectivity index (χ4n) is 6.48. The van der Waals surface area contributed by atoms with Crippen LogP contribution in [0.25, 0.3) is 16.9 Å². The molecule has 0 radical (unpaired) electrons. The Bertz CT molecular complexity index is 2030. The number of rotatable bonds is 4. The van der Waals surface area contributed by atoms with Gasteiger partial charge in [-0.05, 0) is 86.5 Å². The zero-order chi connectivity index (χ0) is 34.1. The van der Waals surface area contributed by atoms with Crippen LogP contribution in [-0.2, 0) is 27.2 Å². The van der Waals surface area contributed by atoms with Crippen LogP contribution < -0.4 is 14.4 Å². The average molecular weight is 661 g/mol. The number of fused-ring (bicyclic) bond motifs is 2. The summed E-state index contributed by atoms with van der Waals surface area (Å²) in [5.41, 5.74) is 7.16. The number of morpholine rings is 1. The van der Waals surface area contributed by atoms with Crippen LogP contribution in [-0.4, -0.2) is 58.8 Å². The van der Waals surface area contributed by atoms with Crippen molar-refractivity contribution < 1.29 is 28.2 Å². The standard InChI is InChI=1S/C20H17FN2O2.C19H20N2O3/c1-12-7-16(21)4-5-18(12)23-19(8-13(2)22-23)14-3-6-20-15(9-14)10-17(24)11-25-20;1-13-10-21(17(12-23-13)14-5-3-2-4-6-14)19-8-7-18-16(20-19)9-15(22)11-24-18/h3-9H,10-11H2,1-2H3;2-8,13,17H,9-12H2,1H3/t;13-,17+/m.1/s1. The van der Waals surface area contributed by atoms with Crippen LogP contribution in [0.3, 0.4) is 0 Å². The van der Waals surface area contributed by atoms with Gasteiger partial charge in [0.05, 0.1) is 47.9 Å². The summed E-state index contributed by atoms with van der Waals surface area (Å²) in [6.45, 7) is 7.52. The van der Waals surface area contributed by atoms with Gasteiger partial charge in [0.2, 0.25) is 0 Å². The van der Waals surface area contributed by atoms with E-state index < -0.39 is 0 Å². The number of benzene rings is 3. The van der Waals surface area contributed by atoms with Crippen molar-refractivity contribution in [3.05, 3.63) is 119 Å². The zero-order valence-electron chi connectivity index (χ0n) is 27.7. The number of hydrogen-bond donors (Lipinski definition) is 0. The van der Waals surface area contributed by atoms with Crippen molar-refractivity contribution >= 4 is 17.4 Å². The van der Waals surface area contributed by atoms with E-state index in [9.17, 15) is 14.0 Å². The van der Waals surface area contributed by atoms with Gasteiger partial charge in [-0.2, -0.15) is 5.10 Å². The number of anilines is 1. The van der Waals surface area contributed by atoms with E-state index in [2.05, 4.69) is 29.1 Å². The second-order valence-electron chi connectivity index (χ2n) is 12.7. The van der Waals surface area contributed by atoms with Crippen LogP contribution in [0.5, 0.6) is 11.5 Å². The lowest BCUT2D eigenvalue weighted by atomic mass is 10.0. The van der Waals surface area contributed by atoms with Crippen LogP contribution in [0.2, 0.25) is 0 Å². The molecule has 8 rings (SSSR count). The van der Waals surface area contributed by atoms with E-state index >= 15 is 0 Å². The first-order valence-corrected chi connectivity index (χ1v) is 16.4. The summed E-state index contributed by atoms with van der Waals surface area (Å²) in [5, 5.41) is 4.57. The number of carbonyl (C=O) groups excluding carboxylic acids is 2. The lowest BCUT2D eigenvalue weighted by molar-refractivity contribution is -0.122. The highest BCUT2D eigenvalue weighted by Crippen LogP contribution is 2.34. The van der Waals surface area contributed by atoms with Crippen LogP contribution in [0.1, 0.15) is 41.0 Å². The maximum absolute atomic E-state index is 13.4. The molecule has 49 heavy (non-hydrogen) atoms. The third kappa shape index (κ3) is 6.96. The molecule has 0 saturated carbocycles. The van der Waals surface area contributed by atoms with Gasteiger partial charge in [-0.25, -0.2) is 14.1 Å². The largest absolute Gasteiger partial charge is 0.486 e. The van der Waals surface area contributed by atoms with E-state index in [0.29, 0.717) is 19.4 Å². The molecule has 3 aliphatic rings. The van der Waals surface area contributed by atoms with E-state index in [4.69, 9.17) is 19.2 Å². The highest BCUT2D eigenvalue weighted by atomic mass is 19.1. The van der Waals surface area contributed by atoms with Crippen LogP contribution in [0.4, 0.5) is 10.2 Å². The Morgan fingerprint density at radius 2 is 1.59 bits per heavy atom. The first-order chi connectivity index (χ1) is 23.7. The van der Waals surface area contributed by atoms with Gasteiger partial charge in [-0.1, -0.05) is 30.3 Å². The molecule has 0 bridgehead atoms. The number of Topliss-reactive ketones (excluding diaryl/α,β-unsaturated/α-hetero) is 2. The molecule has 1 fully saturated rings. The molecule has 5 heterocycles. The summed E-state index contributed by atoms with van der Waals surface area (Å²) in [5.74, 6) is 2.22. The van der Waals surface area contributed by atoms with Gasteiger partial charge in [-0.15, -0.1) is 0 Å². The van der Waals surface area contributed by atoms with E-state index in [-0.39, 0.29) is 42.7 Å². The minimum absolute atomic E-state index is 0.0714. The molecule has 0 N–H and O–H groups in total. The first kappa shape index (κ1) is 32.2. The van der Waals surface area contributed by atoms with Gasteiger partial charge in [0, 0.05) is 24.1 Å². The van der Waals surface area contributed by atoms with Crippen molar-refractivity contribution in [1.82, 2.24) is 14.8 Å². The minimum atomic E-state index is -0.267. The predicted octanol–water partition coefficient (Wildman–Crippen LogP) is 6.35. The van der Waals surface area contributed by atoms with Gasteiger partial charge in [0.15, 0.2) is 11.6 Å². The molecule has 0 amide bonds. The molecule has 10 heteroatoms. The van der Waals surface area contributed by atoms with Gasteiger partial charge < -0.3 is 19.1 Å². The number of aryl methyl sites for hydroxylation is 2. The number of hydrogen-bond acceptors (Lipinski definition) is 8. The Labute approximate surface area is 284 Å². The smallest absolute Gasteiger partial charge is 0.176 e. The summed E-state index contributed by atoms with van der Waals surface area (Å²) < 4.78 is 32.1. The molecule has 3 aliphatic heterocycles. The number of pyridine rings is 1. The van der Waals surface area contributed by atoms with Crippen LogP contribution in [0, 0.1) is 19.7 Å². The van der Waals surface area contributed by atoms with E-state index in [1.54, 1.807) is 6.07 Å². The third-order valence-corrected chi connectivity index (χ3v) is 8.87. The number of carbonyl (C=O) groups is 2. The molecule has 5 aromatic rings. The number of ketones is 2. The van der Waals surface area contributed by atoms with Gasteiger partial charge in [0.1, 0.15) is 36.3 Å². The van der Waals surface area contributed by atoms with Crippen molar-refractivity contribution in [1.29, 1.82) is 0 Å². The highest BCUT2D eigenvalue weighted by Gasteiger charge is 2.30. The molecule has 3 aromatic carbocycles. The number of ether oxygens (including phenoxy) is 3. The second-order valence-corrected chi connectivity index (χ2v) is 12.7. The molecule has 2 atom stereocenters. The third-order valence-electron chi connectivity index (χ3n) is 8.87. The van der Waals surface area contributed by atoms with E-state index in [1.807, 2.05) is 73.1 Å². The van der Waals surface area contributed by atoms with Crippen molar-refractivity contribution in [3.8, 4) is 28.4 Å². The van der Waals surface area contributed by atoms with Gasteiger partial charge in [-0.3, -0.25) is 9.59 Å². The van der Waals surface area contributed by atoms with Crippen molar-refractivity contribution in [3.63, 3.8) is 0 Å². The molecule has 0 spiro atoms. The Morgan fingerprint density at radius 3 is 2.39 bits per heavy atom. The van der Waals surface area contributed by atoms with Crippen LogP contribution in [0.15, 0.2) is 84.9 Å². The summed E-state index contributed by atoms with van der Waals surface area (Å²) >= 11 is 0. The second kappa shape index (κ2) is 13.6. The Morgan fingerprint density at radius 1 is 0.837 bits per heavy atom. The predicted molar refractivity (Wildman–Crippen MR) is 183 cm³/mol. The SMILES string of the molecule is C[C@@H]1CN(c2ccc3c(n2)CC(=O)CO3)[C@H](c2ccccc2)CO1.Cc1cc(-c2ccc3c(c2)CC(=O)CO3)n(-c2ccc(F)cc2C)n1. The number of halogens is 1. The maximum Gasteiger partial charge on any atom is 0.176 e. The summed E-state index contributed by atoms with van der Waals surface area (Å²) in [6, 6.07) is 26.8. The van der Waals surface area contributed by atoms with E-state index in [0.717, 1.165) is 63.3 Å². The topological polar surface area (TPSA) is 95.8 Å². The Balaban J connectivity index is 0.000000154. The van der Waals surface area contributed by atoms with Crippen molar-refractivity contribution in [2.75, 3.05) is 31.3 Å². The van der Waals surface area contributed by atoms with Crippen LogP contribution >= 0.6 is 0 Å². The number of aromatic nitrogens is 3. The molecular formula is C39H37FN4O5. The first-order valence-electron chi connectivity index (χ1n) is 16.4. The fraction of sp³-hybridized carbons (Fsp3) is 0.282. The Hall–Kier alpha value is -5.35. The normalized spacial score (nSPS) is 18.4. The van der Waals surface area contributed by atoms with Gasteiger partial charge in [0.25, 0.3) is 0 Å². The monoisotopic (exact) mass is 660 g/mol. The summed E-state index contributed by atoms with van der Waals surface area (Å²) in [6.07, 6.45) is 0.867. The van der Waals surface area contributed by atoms with Crippen molar-refractivity contribution in [2.45, 2.75) is 45.8 Å². The lowest BCUT2D eigenvalue weighted by Crippen LogP contribution is -2.44. The molecular weight excluding hydrogens is 623 g/mol. The Kier molecular flexibility index (Phi) is 8.97. The van der Waals surface area contributed by atoms with E-state index in [1.165, 1.54) is 17.7 Å². The zero-order valence-corrected chi connectivity index (χ0v) is 27.7. The molecule has 250 valence electrons. The lowest BCUT2D eigenvalue weighted by Gasteiger charge is -2.40. The summed E-state index contributed by atoms with van der Waals surface area (Å²) in [4.78, 5) is 30.3. The quantitative estimate of drug-likeness (QED) is 0.220. The fourth-order valence-corrected chi connectivity index (χ4v) is 6.48. The number of nitrogens with zero attached hydrogens (tertiary/aromatic N) is 4. The molecule has 2 aromatic heterocycles.